The Morgan fingerprint density at radius 1 is 0.931 bits per heavy atom. The van der Waals surface area contributed by atoms with Gasteiger partial charge >= 0.3 is 0 Å². The number of carbonyl (C=O) groups excluding carboxylic acids is 1. The van der Waals surface area contributed by atoms with Crippen LogP contribution in [0.25, 0.3) is 0 Å². The summed E-state index contributed by atoms with van der Waals surface area (Å²) in [5.74, 6) is 0.543. The lowest BCUT2D eigenvalue weighted by molar-refractivity contribution is -0.114. The third kappa shape index (κ3) is 7.00. The van der Waals surface area contributed by atoms with Crippen molar-refractivity contribution in [3.8, 4) is 5.75 Å². The molecule has 3 rings (SSSR count). The van der Waals surface area contributed by atoms with Gasteiger partial charge in [0.15, 0.2) is 0 Å². The van der Waals surface area contributed by atoms with E-state index in [0.717, 1.165) is 18.6 Å². The Hall–Kier alpha value is -2.69. The van der Waals surface area contributed by atoms with Crippen LogP contribution >= 0.6 is 23.2 Å². The quantitative estimate of drug-likeness (QED) is 0.407. The van der Waals surface area contributed by atoms with E-state index in [-0.39, 0.29) is 12.5 Å². The Kier molecular flexibility index (Phi) is 7.79. The summed E-state index contributed by atoms with van der Waals surface area (Å²) in [6, 6.07) is 22.8. The molecule has 0 fully saturated rings. The molecule has 1 amide bonds. The summed E-state index contributed by atoms with van der Waals surface area (Å²) >= 11 is 12.0. The van der Waals surface area contributed by atoms with Crippen molar-refractivity contribution in [2.75, 3.05) is 23.8 Å². The second-order valence-electron chi connectivity index (χ2n) is 6.49. The van der Waals surface area contributed by atoms with Crippen LogP contribution < -0.4 is 15.4 Å². The molecule has 0 radical (unpaired) electrons. The maximum Gasteiger partial charge on any atom is 0.243 e. The van der Waals surface area contributed by atoms with Crippen molar-refractivity contribution in [1.82, 2.24) is 0 Å². The maximum atomic E-state index is 12.2. The average Bonchev–Trinajstić information content (AvgIpc) is 2.72. The van der Waals surface area contributed by atoms with Crippen molar-refractivity contribution >= 4 is 40.5 Å². The first kappa shape index (κ1) is 21.0. The fourth-order valence-corrected chi connectivity index (χ4v) is 3.26. The van der Waals surface area contributed by atoms with Gasteiger partial charge in [0.2, 0.25) is 5.91 Å². The largest absolute Gasteiger partial charge is 0.494 e. The molecule has 0 spiro atoms. The molecule has 0 aromatic heterocycles. The summed E-state index contributed by atoms with van der Waals surface area (Å²) in [4.78, 5) is 12.2. The summed E-state index contributed by atoms with van der Waals surface area (Å²) < 4.78 is 5.81. The van der Waals surface area contributed by atoms with E-state index in [2.05, 4.69) is 22.8 Å². The molecule has 150 valence electrons. The molecule has 0 saturated heterocycles. The van der Waals surface area contributed by atoms with Crippen LogP contribution in [0.15, 0.2) is 72.8 Å². The molecular weight excluding hydrogens is 407 g/mol. The fraction of sp³-hybridized carbons (Fsp3) is 0.174. The second-order valence-corrected chi connectivity index (χ2v) is 7.33. The number of ether oxygens (including phenoxy) is 1. The van der Waals surface area contributed by atoms with Crippen molar-refractivity contribution in [2.45, 2.75) is 12.8 Å². The topological polar surface area (TPSA) is 50.4 Å². The van der Waals surface area contributed by atoms with E-state index >= 15 is 0 Å². The highest BCUT2D eigenvalue weighted by molar-refractivity contribution is 6.36. The van der Waals surface area contributed by atoms with Gasteiger partial charge in [-0.2, -0.15) is 0 Å². The predicted octanol–water partition coefficient (Wildman–Crippen LogP) is 6.06. The summed E-state index contributed by atoms with van der Waals surface area (Å²) in [5, 5.41) is 6.86. The molecule has 0 saturated carbocycles. The van der Waals surface area contributed by atoms with Crippen molar-refractivity contribution < 1.29 is 9.53 Å². The van der Waals surface area contributed by atoms with E-state index in [0.29, 0.717) is 28.0 Å². The monoisotopic (exact) mass is 428 g/mol. The molecule has 4 nitrogen and oxygen atoms in total. The van der Waals surface area contributed by atoms with Crippen LogP contribution in [0.1, 0.15) is 12.0 Å². The molecule has 0 heterocycles. The minimum Gasteiger partial charge on any atom is -0.494 e. The number of hydrogen-bond donors (Lipinski definition) is 2. The first-order valence-corrected chi connectivity index (χ1v) is 10.1. The number of hydrogen-bond acceptors (Lipinski definition) is 3. The van der Waals surface area contributed by atoms with Gasteiger partial charge in [-0.3, -0.25) is 4.79 Å². The van der Waals surface area contributed by atoms with Crippen molar-refractivity contribution in [3.05, 3.63) is 88.4 Å². The lowest BCUT2D eigenvalue weighted by Crippen LogP contribution is -2.21. The highest BCUT2D eigenvalue weighted by Crippen LogP contribution is 2.25. The molecule has 0 bridgehead atoms. The maximum absolute atomic E-state index is 12.2. The highest BCUT2D eigenvalue weighted by atomic mass is 35.5. The van der Waals surface area contributed by atoms with E-state index in [1.54, 1.807) is 18.2 Å². The lowest BCUT2D eigenvalue weighted by Gasteiger charge is -2.11. The Balaban J connectivity index is 1.44. The molecule has 2 N–H and O–H groups in total. The number of aryl methyl sites for hydroxylation is 1. The van der Waals surface area contributed by atoms with Crippen LogP contribution in [0.5, 0.6) is 5.75 Å². The third-order valence-corrected chi connectivity index (χ3v) is 4.76. The summed E-state index contributed by atoms with van der Waals surface area (Å²) in [7, 11) is 0. The standard InChI is InChI=1S/C23H22Cl2N2O2/c24-18-11-12-22(21(25)14-18)26-16-23(28)27-19-9-4-10-20(15-19)29-13-5-8-17-6-2-1-3-7-17/h1-4,6-7,9-12,14-15,26H,5,8,13,16H2,(H,27,28). The zero-order chi connectivity index (χ0) is 20.5. The van der Waals surface area contributed by atoms with Crippen LogP contribution in [0.4, 0.5) is 11.4 Å². The van der Waals surface area contributed by atoms with Crippen LogP contribution in [-0.4, -0.2) is 19.1 Å². The van der Waals surface area contributed by atoms with Gasteiger partial charge in [-0.1, -0.05) is 59.6 Å². The number of nitrogens with one attached hydrogen (secondary N) is 2. The van der Waals surface area contributed by atoms with E-state index < -0.39 is 0 Å². The van der Waals surface area contributed by atoms with Crippen LogP contribution in [-0.2, 0) is 11.2 Å². The number of amides is 1. The number of anilines is 2. The lowest BCUT2D eigenvalue weighted by atomic mass is 10.1. The molecule has 0 unspecified atom stereocenters. The summed E-state index contributed by atoms with van der Waals surface area (Å²) in [6.45, 7) is 0.701. The molecule has 0 aliphatic carbocycles. The molecule has 29 heavy (non-hydrogen) atoms. The van der Waals surface area contributed by atoms with Crippen LogP contribution in [0.3, 0.4) is 0 Å². The Morgan fingerprint density at radius 3 is 2.55 bits per heavy atom. The smallest absolute Gasteiger partial charge is 0.243 e. The average molecular weight is 429 g/mol. The predicted molar refractivity (Wildman–Crippen MR) is 120 cm³/mol. The van der Waals surface area contributed by atoms with Crippen molar-refractivity contribution in [3.63, 3.8) is 0 Å². The van der Waals surface area contributed by atoms with Crippen molar-refractivity contribution in [2.24, 2.45) is 0 Å². The number of carbonyl (C=O) groups is 1. The van der Waals surface area contributed by atoms with Gasteiger partial charge in [0.25, 0.3) is 0 Å². The van der Waals surface area contributed by atoms with Crippen molar-refractivity contribution in [1.29, 1.82) is 0 Å². The molecule has 6 heteroatoms. The normalized spacial score (nSPS) is 10.4. The highest BCUT2D eigenvalue weighted by Gasteiger charge is 2.06. The minimum absolute atomic E-state index is 0.0868. The number of benzene rings is 3. The van der Waals surface area contributed by atoms with Gasteiger partial charge in [-0.25, -0.2) is 0 Å². The SMILES string of the molecule is O=C(CNc1ccc(Cl)cc1Cl)Nc1cccc(OCCCc2ccccc2)c1. The van der Waals surface area contributed by atoms with E-state index in [9.17, 15) is 4.79 Å². The number of rotatable bonds is 9. The first-order chi connectivity index (χ1) is 14.1. The zero-order valence-electron chi connectivity index (χ0n) is 15.8. The Morgan fingerprint density at radius 2 is 1.76 bits per heavy atom. The summed E-state index contributed by atoms with van der Waals surface area (Å²) in [5.41, 5.74) is 2.63. The van der Waals surface area contributed by atoms with E-state index in [4.69, 9.17) is 27.9 Å². The van der Waals surface area contributed by atoms with Gasteiger partial charge in [-0.15, -0.1) is 0 Å². The summed E-state index contributed by atoms with van der Waals surface area (Å²) in [6.07, 6.45) is 1.89. The van der Waals surface area contributed by atoms with E-state index in [1.165, 1.54) is 5.56 Å². The molecule has 3 aromatic carbocycles. The molecule has 3 aromatic rings. The van der Waals surface area contributed by atoms with Gasteiger partial charge in [0.1, 0.15) is 5.75 Å². The Bertz CT molecular complexity index is 949. The number of halogens is 2. The Labute approximate surface area is 180 Å². The van der Waals surface area contributed by atoms with E-state index in [1.807, 2.05) is 42.5 Å². The van der Waals surface area contributed by atoms with Gasteiger partial charge in [0, 0.05) is 16.8 Å². The van der Waals surface area contributed by atoms with Crippen LogP contribution in [0, 0.1) is 0 Å². The van der Waals surface area contributed by atoms with Crippen LogP contribution in [0.2, 0.25) is 10.0 Å². The third-order valence-electron chi connectivity index (χ3n) is 4.21. The molecular formula is C23H22Cl2N2O2. The molecule has 0 aliphatic rings. The molecule has 0 atom stereocenters. The van der Waals surface area contributed by atoms with Gasteiger partial charge in [-0.05, 0) is 48.7 Å². The molecule has 0 aliphatic heterocycles. The fourth-order valence-electron chi connectivity index (χ4n) is 2.79. The van der Waals surface area contributed by atoms with Gasteiger partial charge in [0.05, 0.1) is 23.9 Å². The zero-order valence-corrected chi connectivity index (χ0v) is 17.3. The minimum atomic E-state index is -0.183. The second kappa shape index (κ2) is 10.7. The van der Waals surface area contributed by atoms with Gasteiger partial charge < -0.3 is 15.4 Å². The first-order valence-electron chi connectivity index (χ1n) is 9.36.